The summed E-state index contributed by atoms with van der Waals surface area (Å²) >= 11 is 0. The maximum Gasteiger partial charge on any atom is 0.187 e. The summed E-state index contributed by atoms with van der Waals surface area (Å²) in [5.41, 5.74) is 1.75. The number of phenolic OH excluding ortho intramolecular Hbond substituents is 2. The third kappa shape index (κ3) is 4.63. The van der Waals surface area contributed by atoms with Gasteiger partial charge in [0, 0.05) is 30.9 Å². The maximum absolute atomic E-state index is 12.2. The highest BCUT2D eigenvalue weighted by Gasteiger charge is 2.17. The lowest BCUT2D eigenvalue weighted by Gasteiger charge is -2.31. The third-order valence-electron chi connectivity index (χ3n) is 4.71. The van der Waals surface area contributed by atoms with Crippen LogP contribution < -0.4 is 0 Å². The van der Waals surface area contributed by atoms with Crippen LogP contribution in [0.5, 0.6) is 11.5 Å². The molecule has 0 aromatic heterocycles. The number of allylic oxidation sites excluding steroid dienone is 1. The van der Waals surface area contributed by atoms with Crippen molar-refractivity contribution in [3.05, 3.63) is 71.9 Å². The number of carbonyl (C=O) groups excluding carboxylic acids is 1. The molecule has 130 valence electrons. The Morgan fingerprint density at radius 1 is 1.04 bits per heavy atom. The Balaban J connectivity index is 1.50. The summed E-state index contributed by atoms with van der Waals surface area (Å²) in [6.07, 6.45) is 6.72. The number of phenols is 2. The molecule has 1 fully saturated rings. The summed E-state index contributed by atoms with van der Waals surface area (Å²) in [6.45, 7) is 1.89. The molecular weight excluding hydrogens is 314 g/mol. The number of hydrogen-bond donors (Lipinski definition) is 2. The van der Waals surface area contributed by atoms with E-state index in [-0.39, 0.29) is 17.3 Å². The minimum Gasteiger partial charge on any atom is -0.504 e. The van der Waals surface area contributed by atoms with Crippen LogP contribution in [0.2, 0.25) is 0 Å². The zero-order valence-corrected chi connectivity index (χ0v) is 14.1. The second-order valence-electron chi connectivity index (χ2n) is 6.55. The second kappa shape index (κ2) is 7.88. The van der Waals surface area contributed by atoms with Gasteiger partial charge in [-0.1, -0.05) is 30.3 Å². The maximum atomic E-state index is 12.2. The molecule has 2 N–H and O–H groups in total. The molecule has 1 heterocycles. The molecule has 4 nitrogen and oxygen atoms in total. The van der Waals surface area contributed by atoms with Gasteiger partial charge < -0.3 is 15.1 Å². The van der Waals surface area contributed by atoms with Gasteiger partial charge >= 0.3 is 0 Å². The Labute approximate surface area is 148 Å². The molecule has 0 amide bonds. The highest BCUT2D eigenvalue weighted by molar-refractivity contribution is 6.04. The molecule has 0 spiro atoms. The summed E-state index contributed by atoms with van der Waals surface area (Å²) < 4.78 is 0. The topological polar surface area (TPSA) is 60.8 Å². The normalized spacial score (nSPS) is 15.6. The monoisotopic (exact) mass is 337 g/mol. The largest absolute Gasteiger partial charge is 0.504 e. The van der Waals surface area contributed by atoms with Gasteiger partial charge in [-0.05, 0) is 48.9 Å². The van der Waals surface area contributed by atoms with Gasteiger partial charge in [0.25, 0.3) is 0 Å². The molecule has 0 radical (unpaired) electrons. The van der Waals surface area contributed by atoms with Crippen molar-refractivity contribution >= 4 is 5.78 Å². The first-order valence-electron chi connectivity index (χ1n) is 8.64. The van der Waals surface area contributed by atoms with Gasteiger partial charge in [0.1, 0.15) is 0 Å². The van der Waals surface area contributed by atoms with Crippen LogP contribution >= 0.6 is 0 Å². The summed E-state index contributed by atoms with van der Waals surface area (Å²) in [7, 11) is 0. The number of likely N-dealkylation sites (tertiary alicyclic amines) is 1. The zero-order valence-electron chi connectivity index (χ0n) is 14.1. The first-order valence-corrected chi connectivity index (χ1v) is 8.64. The average Bonchev–Trinajstić information content (AvgIpc) is 2.64. The number of ketones is 1. The van der Waals surface area contributed by atoms with E-state index < -0.39 is 0 Å². The number of aromatic hydroxyl groups is 2. The zero-order chi connectivity index (χ0) is 17.6. The number of benzene rings is 2. The van der Waals surface area contributed by atoms with E-state index in [0.29, 0.717) is 11.5 Å². The van der Waals surface area contributed by atoms with Crippen LogP contribution in [-0.2, 0) is 6.42 Å². The van der Waals surface area contributed by atoms with Crippen molar-refractivity contribution in [3.8, 4) is 11.5 Å². The minimum atomic E-state index is -0.277. The van der Waals surface area contributed by atoms with Gasteiger partial charge in [0.05, 0.1) is 0 Å². The molecule has 2 aromatic carbocycles. The molecule has 4 heteroatoms. The Kier molecular flexibility index (Phi) is 5.39. The van der Waals surface area contributed by atoms with Crippen molar-refractivity contribution in [2.75, 3.05) is 13.1 Å². The SMILES string of the molecule is O=C(C=CN1CCC(Cc2ccccc2)CC1)c1ccc(O)c(O)c1. The van der Waals surface area contributed by atoms with Gasteiger partial charge in [-0.3, -0.25) is 4.79 Å². The smallest absolute Gasteiger partial charge is 0.187 e. The Morgan fingerprint density at radius 3 is 2.44 bits per heavy atom. The molecule has 0 aliphatic carbocycles. The fourth-order valence-corrected chi connectivity index (χ4v) is 3.20. The van der Waals surface area contributed by atoms with Crippen LogP contribution in [0.4, 0.5) is 0 Å². The third-order valence-corrected chi connectivity index (χ3v) is 4.71. The van der Waals surface area contributed by atoms with E-state index in [1.807, 2.05) is 12.3 Å². The molecule has 0 bridgehead atoms. The van der Waals surface area contributed by atoms with Crippen molar-refractivity contribution in [2.45, 2.75) is 19.3 Å². The lowest BCUT2D eigenvalue weighted by atomic mass is 9.90. The molecule has 25 heavy (non-hydrogen) atoms. The fourth-order valence-electron chi connectivity index (χ4n) is 3.20. The first kappa shape index (κ1) is 17.1. The number of carbonyl (C=O) groups is 1. The van der Waals surface area contributed by atoms with E-state index in [1.165, 1.54) is 29.8 Å². The molecule has 1 saturated heterocycles. The standard InChI is InChI=1S/C21H23NO3/c23-19(18-6-7-20(24)21(25)15-18)10-13-22-11-8-17(9-12-22)14-16-4-2-1-3-5-16/h1-7,10,13,15,17,24-25H,8-9,11-12,14H2. The van der Waals surface area contributed by atoms with Crippen LogP contribution in [0, 0.1) is 5.92 Å². The second-order valence-corrected chi connectivity index (χ2v) is 6.55. The van der Waals surface area contributed by atoms with Crippen LogP contribution in [0.3, 0.4) is 0 Å². The lowest BCUT2D eigenvalue weighted by molar-refractivity contribution is 0.104. The molecular formula is C21H23NO3. The van der Waals surface area contributed by atoms with E-state index in [9.17, 15) is 15.0 Å². The molecule has 0 unspecified atom stereocenters. The highest BCUT2D eigenvalue weighted by atomic mass is 16.3. The van der Waals surface area contributed by atoms with Gasteiger partial charge in [-0.15, -0.1) is 0 Å². The molecule has 0 atom stereocenters. The molecule has 2 aromatic rings. The summed E-state index contributed by atoms with van der Waals surface area (Å²) in [4.78, 5) is 14.3. The van der Waals surface area contributed by atoms with Crippen molar-refractivity contribution in [1.82, 2.24) is 4.90 Å². The fraction of sp³-hybridized carbons (Fsp3) is 0.286. The van der Waals surface area contributed by atoms with Crippen LogP contribution in [0.15, 0.2) is 60.8 Å². The van der Waals surface area contributed by atoms with Crippen molar-refractivity contribution < 1.29 is 15.0 Å². The van der Waals surface area contributed by atoms with Crippen molar-refractivity contribution in [3.63, 3.8) is 0 Å². The van der Waals surface area contributed by atoms with Crippen molar-refractivity contribution in [2.24, 2.45) is 5.92 Å². The summed E-state index contributed by atoms with van der Waals surface area (Å²) in [5, 5.41) is 18.8. The highest BCUT2D eigenvalue weighted by Crippen LogP contribution is 2.25. The Morgan fingerprint density at radius 2 is 1.76 bits per heavy atom. The summed E-state index contributed by atoms with van der Waals surface area (Å²) in [5.74, 6) is 0.0144. The number of hydrogen-bond acceptors (Lipinski definition) is 4. The lowest BCUT2D eigenvalue weighted by Crippen LogP contribution is -2.30. The predicted molar refractivity (Wildman–Crippen MR) is 97.7 cm³/mol. The van der Waals surface area contributed by atoms with Crippen LogP contribution in [0.1, 0.15) is 28.8 Å². The van der Waals surface area contributed by atoms with Gasteiger partial charge in [0.15, 0.2) is 17.3 Å². The number of rotatable bonds is 5. The van der Waals surface area contributed by atoms with Crippen LogP contribution in [-0.4, -0.2) is 34.0 Å². The Bertz CT molecular complexity index is 747. The predicted octanol–water partition coefficient (Wildman–Crippen LogP) is 3.75. The van der Waals surface area contributed by atoms with Crippen molar-refractivity contribution in [1.29, 1.82) is 0 Å². The molecule has 1 aliphatic rings. The van der Waals surface area contributed by atoms with Gasteiger partial charge in [-0.2, -0.15) is 0 Å². The van der Waals surface area contributed by atoms with Gasteiger partial charge in [0.2, 0.25) is 0 Å². The first-order chi connectivity index (χ1) is 12.1. The van der Waals surface area contributed by atoms with E-state index in [0.717, 1.165) is 32.4 Å². The van der Waals surface area contributed by atoms with E-state index in [4.69, 9.17) is 0 Å². The van der Waals surface area contributed by atoms with E-state index >= 15 is 0 Å². The number of piperidine rings is 1. The Hall–Kier alpha value is -2.75. The number of nitrogens with zero attached hydrogens (tertiary/aromatic N) is 1. The van der Waals surface area contributed by atoms with E-state index in [2.05, 4.69) is 29.2 Å². The molecule has 1 aliphatic heterocycles. The summed E-state index contributed by atoms with van der Waals surface area (Å²) in [6, 6.07) is 14.7. The molecule has 3 rings (SSSR count). The quantitative estimate of drug-likeness (QED) is 0.496. The van der Waals surface area contributed by atoms with E-state index in [1.54, 1.807) is 0 Å². The minimum absolute atomic E-state index is 0.179. The average molecular weight is 337 g/mol. The van der Waals surface area contributed by atoms with Crippen LogP contribution in [0.25, 0.3) is 0 Å². The van der Waals surface area contributed by atoms with Gasteiger partial charge in [-0.25, -0.2) is 0 Å². The molecule has 0 saturated carbocycles.